The van der Waals surface area contributed by atoms with Gasteiger partial charge in [0, 0.05) is 44.0 Å². The second kappa shape index (κ2) is 8.37. The van der Waals surface area contributed by atoms with E-state index in [1.807, 2.05) is 46.0 Å². The molecule has 1 unspecified atom stereocenters. The number of carbonyl (C=O) groups excluding carboxylic acids is 2. The van der Waals surface area contributed by atoms with Gasteiger partial charge in [-0.05, 0) is 25.0 Å². The molecule has 29 heavy (non-hydrogen) atoms. The average Bonchev–Trinajstić information content (AvgIpc) is 3.22. The van der Waals surface area contributed by atoms with Gasteiger partial charge in [0.1, 0.15) is 18.0 Å². The second-order valence-electron chi connectivity index (χ2n) is 7.85. The van der Waals surface area contributed by atoms with Crippen LogP contribution in [0.25, 0.3) is 0 Å². The summed E-state index contributed by atoms with van der Waals surface area (Å²) in [6, 6.07) is 9.69. The average molecular weight is 396 g/mol. The lowest BCUT2D eigenvalue weighted by molar-refractivity contribution is -0.153. The van der Waals surface area contributed by atoms with Crippen molar-refractivity contribution in [2.45, 2.75) is 44.8 Å². The van der Waals surface area contributed by atoms with Crippen LogP contribution in [0.1, 0.15) is 32.0 Å². The van der Waals surface area contributed by atoms with Crippen LogP contribution in [0.4, 0.5) is 5.69 Å². The van der Waals surface area contributed by atoms with Gasteiger partial charge < -0.3 is 19.1 Å². The first-order chi connectivity index (χ1) is 14.1. The molecule has 2 aliphatic rings. The molecule has 0 bridgehead atoms. The van der Waals surface area contributed by atoms with Crippen LogP contribution in [0.5, 0.6) is 0 Å². The van der Waals surface area contributed by atoms with E-state index in [1.54, 1.807) is 11.1 Å². The summed E-state index contributed by atoms with van der Waals surface area (Å²) in [5.74, 6) is 1.10. The number of aromatic nitrogens is 2. The summed E-state index contributed by atoms with van der Waals surface area (Å²) in [6.07, 6.45) is 6.75. The molecule has 7 nitrogen and oxygen atoms in total. The topological polar surface area (TPSA) is 67.7 Å². The molecule has 0 aliphatic carbocycles. The molecule has 2 aromatic rings. The number of amides is 2. The number of benzene rings is 1. The normalized spacial score (nSPS) is 22.3. The van der Waals surface area contributed by atoms with Crippen molar-refractivity contribution in [1.82, 2.24) is 14.5 Å². The molecule has 154 valence electrons. The summed E-state index contributed by atoms with van der Waals surface area (Å²) in [5, 5.41) is 0. The lowest BCUT2D eigenvalue weighted by Crippen LogP contribution is -2.62. The highest BCUT2D eigenvalue weighted by atomic mass is 16.5. The van der Waals surface area contributed by atoms with E-state index < -0.39 is 5.60 Å². The minimum atomic E-state index is -0.485. The Balaban J connectivity index is 1.41. The van der Waals surface area contributed by atoms with E-state index >= 15 is 0 Å². The fourth-order valence-corrected chi connectivity index (χ4v) is 4.35. The molecule has 0 saturated carbocycles. The summed E-state index contributed by atoms with van der Waals surface area (Å²) in [4.78, 5) is 33.4. The molecule has 2 aliphatic heterocycles. The van der Waals surface area contributed by atoms with Crippen LogP contribution in [0.3, 0.4) is 0 Å². The zero-order valence-electron chi connectivity index (χ0n) is 16.9. The molecule has 1 atom stereocenters. The van der Waals surface area contributed by atoms with Gasteiger partial charge in [-0.3, -0.25) is 9.59 Å². The van der Waals surface area contributed by atoms with E-state index in [1.165, 1.54) is 0 Å². The van der Waals surface area contributed by atoms with Crippen molar-refractivity contribution in [3.8, 4) is 0 Å². The number of para-hydroxylation sites is 1. The van der Waals surface area contributed by atoms with Gasteiger partial charge in [-0.25, -0.2) is 4.98 Å². The minimum Gasteiger partial charge on any atom is -0.361 e. The maximum Gasteiger partial charge on any atom is 0.253 e. The monoisotopic (exact) mass is 396 g/mol. The van der Waals surface area contributed by atoms with E-state index in [9.17, 15) is 9.59 Å². The number of rotatable bonds is 5. The zero-order valence-corrected chi connectivity index (χ0v) is 16.9. The Hall–Kier alpha value is -2.67. The number of piperidine rings is 1. The molecule has 2 fully saturated rings. The molecule has 2 amide bonds. The van der Waals surface area contributed by atoms with Crippen molar-refractivity contribution in [3.63, 3.8) is 0 Å². The summed E-state index contributed by atoms with van der Waals surface area (Å²) >= 11 is 0. The van der Waals surface area contributed by atoms with Gasteiger partial charge in [-0.2, -0.15) is 0 Å². The van der Waals surface area contributed by atoms with E-state index in [2.05, 4.69) is 11.9 Å². The molecule has 1 aromatic carbocycles. The number of hydrogen-bond donors (Lipinski definition) is 0. The summed E-state index contributed by atoms with van der Waals surface area (Å²) < 4.78 is 8.08. The fraction of sp³-hybridized carbons (Fsp3) is 0.500. The summed E-state index contributed by atoms with van der Waals surface area (Å²) in [7, 11) is 0. The third kappa shape index (κ3) is 4.19. The molecular weight excluding hydrogens is 368 g/mol. The van der Waals surface area contributed by atoms with E-state index in [-0.39, 0.29) is 18.4 Å². The van der Waals surface area contributed by atoms with Gasteiger partial charge >= 0.3 is 0 Å². The molecule has 1 spiro atoms. The zero-order chi connectivity index (χ0) is 20.3. The van der Waals surface area contributed by atoms with Crippen molar-refractivity contribution in [2.75, 3.05) is 31.1 Å². The third-order valence-corrected chi connectivity index (χ3v) is 5.89. The molecular formula is C22H28N4O3. The highest BCUT2D eigenvalue weighted by Gasteiger charge is 2.44. The number of likely N-dealkylation sites (tertiary alicyclic amines) is 1. The van der Waals surface area contributed by atoms with E-state index in [0.717, 1.165) is 37.3 Å². The molecule has 2 saturated heterocycles. The quantitative estimate of drug-likeness (QED) is 0.778. The lowest BCUT2D eigenvalue weighted by Gasteiger charge is -2.47. The first-order valence-electron chi connectivity index (χ1n) is 10.4. The highest BCUT2D eigenvalue weighted by molar-refractivity contribution is 5.95. The van der Waals surface area contributed by atoms with Gasteiger partial charge in [-0.1, -0.05) is 25.1 Å². The predicted molar refractivity (Wildman–Crippen MR) is 110 cm³/mol. The van der Waals surface area contributed by atoms with Crippen LogP contribution in [0, 0.1) is 0 Å². The summed E-state index contributed by atoms with van der Waals surface area (Å²) in [6.45, 7) is 4.53. The Morgan fingerprint density at radius 3 is 2.86 bits per heavy atom. The van der Waals surface area contributed by atoms with Crippen molar-refractivity contribution >= 4 is 17.5 Å². The van der Waals surface area contributed by atoms with Gasteiger partial charge in [0.2, 0.25) is 5.91 Å². The van der Waals surface area contributed by atoms with Crippen LogP contribution < -0.4 is 4.90 Å². The summed E-state index contributed by atoms with van der Waals surface area (Å²) in [5.41, 5.74) is 0.400. The highest BCUT2D eigenvalue weighted by Crippen LogP contribution is 2.32. The first-order valence-corrected chi connectivity index (χ1v) is 10.4. The smallest absolute Gasteiger partial charge is 0.253 e. The second-order valence-corrected chi connectivity index (χ2v) is 7.85. The Bertz CT molecular complexity index is 866. The van der Waals surface area contributed by atoms with Crippen molar-refractivity contribution in [2.24, 2.45) is 0 Å². The molecule has 3 heterocycles. The minimum absolute atomic E-state index is 0.0301. The van der Waals surface area contributed by atoms with Crippen LogP contribution >= 0.6 is 0 Å². The number of anilines is 1. The van der Waals surface area contributed by atoms with E-state index in [4.69, 9.17) is 4.74 Å². The molecule has 0 radical (unpaired) electrons. The Kier molecular flexibility index (Phi) is 5.67. The number of imidazole rings is 1. The van der Waals surface area contributed by atoms with Gasteiger partial charge in [0.05, 0.1) is 13.1 Å². The SMILES string of the molecule is CCc1nccn1CCC(=O)N1CCCC2(C1)CN(c1ccccc1)C(=O)CO2. The van der Waals surface area contributed by atoms with Gasteiger partial charge in [-0.15, -0.1) is 0 Å². The molecule has 4 rings (SSSR count). The third-order valence-electron chi connectivity index (χ3n) is 5.89. The lowest BCUT2D eigenvalue weighted by atomic mass is 9.90. The van der Waals surface area contributed by atoms with Gasteiger partial charge in [0.25, 0.3) is 5.91 Å². The molecule has 7 heteroatoms. The maximum atomic E-state index is 12.9. The van der Waals surface area contributed by atoms with Crippen molar-refractivity contribution in [3.05, 3.63) is 48.5 Å². The van der Waals surface area contributed by atoms with Crippen LogP contribution in [0.15, 0.2) is 42.7 Å². The van der Waals surface area contributed by atoms with Crippen LogP contribution in [-0.2, 0) is 27.3 Å². The van der Waals surface area contributed by atoms with Crippen molar-refractivity contribution < 1.29 is 14.3 Å². The largest absolute Gasteiger partial charge is 0.361 e. The van der Waals surface area contributed by atoms with Crippen molar-refractivity contribution in [1.29, 1.82) is 0 Å². The number of ether oxygens (including phenoxy) is 1. The Morgan fingerprint density at radius 2 is 2.07 bits per heavy atom. The number of nitrogens with zero attached hydrogens (tertiary/aromatic N) is 4. The Morgan fingerprint density at radius 1 is 1.24 bits per heavy atom. The van der Waals surface area contributed by atoms with Crippen LogP contribution in [-0.4, -0.2) is 58.1 Å². The fourth-order valence-electron chi connectivity index (χ4n) is 4.35. The molecule has 1 aromatic heterocycles. The standard InChI is InChI=1S/C22H28N4O3/c1-2-19-23-11-14-24(19)13-9-20(27)25-12-6-10-22(16-25)17-26(21(28)15-29-22)18-7-4-3-5-8-18/h3-5,7-8,11,14H,2,6,9-10,12-13,15-17H2,1H3. The number of morpholine rings is 1. The first kappa shape index (κ1) is 19.6. The molecule has 0 N–H and O–H groups in total. The van der Waals surface area contributed by atoms with Crippen LogP contribution in [0.2, 0.25) is 0 Å². The van der Waals surface area contributed by atoms with E-state index in [0.29, 0.717) is 26.1 Å². The number of carbonyl (C=O) groups is 2. The maximum absolute atomic E-state index is 12.9. The van der Waals surface area contributed by atoms with Gasteiger partial charge in [0.15, 0.2) is 0 Å². The number of aryl methyl sites for hydroxylation is 2. The Labute approximate surface area is 171 Å². The number of hydrogen-bond acceptors (Lipinski definition) is 4. The predicted octanol–water partition coefficient (Wildman–Crippen LogP) is 2.26.